The summed E-state index contributed by atoms with van der Waals surface area (Å²) >= 11 is 0. The number of carbonyl (C=O) groups is 2. The third kappa shape index (κ3) is 11.3. The number of amides is 2. The Bertz CT molecular complexity index is 1760. The lowest BCUT2D eigenvalue weighted by atomic mass is 10.0. The second-order valence-corrected chi connectivity index (χ2v) is 13.3. The quantitative estimate of drug-likeness (QED) is 0.0661. The van der Waals surface area contributed by atoms with Gasteiger partial charge in [0.25, 0.3) is 0 Å². The van der Waals surface area contributed by atoms with Crippen LogP contribution >= 0.6 is 0 Å². The second-order valence-electron chi connectivity index (χ2n) is 11.6. The molecule has 4 aromatic carbocycles. The molecule has 0 saturated carbocycles. The molecule has 0 saturated heterocycles. The van der Waals surface area contributed by atoms with Gasteiger partial charge < -0.3 is 27.2 Å². The van der Waals surface area contributed by atoms with Crippen LogP contribution in [0.1, 0.15) is 46.2 Å². The molecule has 0 heterocycles. The summed E-state index contributed by atoms with van der Waals surface area (Å²) in [5.41, 5.74) is 15.9. The molecule has 2 unspecified atom stereocenters. The molecule has 2 atom stereocenters. The molecule has 0 aliphatic carbocycles. The van der Waals surface area contributed by atoms with Crippen LogP contribution in [0.25, 0.3) is 0 Å². The summed E-state index contributed by atoms with van der Waals surface area (Å²) in [5, 5.41) is 22.9. The number of rotatable bonds is 17. The number of nitrogens with two attached hydrogens (primary N) is 2. The van der Waals surface area contributed by atoms with Crippen LogP contribution in [0, 0.1) is 5.41 Å². The standard InChI is InChI=1S/C36H42N6O5S/c37-22-27-8-6-25(7-9-27)14-20-32(35(44)40-23-28-10-16-30(17-11-28)34(38)39)41-36(45)33(21-15-26-12-18-31(43)19-13-26)42-48(46,47)24-29-4-2-1-3-5-29/h1-13,16-19,32-33,42-43H,14-15,20-24,37H2,(H3,38,39)(H,40,44)(H,41,45). The second kappa shape index (κ2) is 17.2. The molecular weight excluding hydrogens is 628 g/mol. The minimum absolute atomic E-state index is 0.0628. The maximum atomic E-state index is 13.8. The van der Waals surface area contributed by atoms with Gasteiger partial charge in [-0.25, -0.2) is 13.1 Å². The number of nitrogen functional groups attached to an aromatic ring is 1. The molecule has 252 valence electrons. The van der Waals surface area contributed by atoms with Crippen molar-refractivity contribution in [1.29, 1.82) is 5.41 Å². The first-order valence-electron chi connectivity index (χ1n) is 15.6. The van der Waals surface area contributed by atoms with Crippen LogP contribution in [0.3, 0.4) is 0 Å². The molecule has 12 heteroatoms. The average molecular weight is 671 g/mol. The van der Waals surface area contributed by atoms with E-state index in [0.717, 1.165) is 22.3 Å². The highest BCUT2D eigenvalue weighted by atomic mass is 32.2. The number of hydrogen-bond donors (Lipinski definition) is 7. The predicted molar refractivity (Wildman–Crippen MR) is 186 cm³/mol. The van der Waals surface area contributed by atoms with Crippen LogP contribution < -0.4 is 26.8 Å². The Morgan fingerprint density at radius 1 is 0.708 bits per heavy atom. The molecular formula is C36H42N6O5S. The third-order valence-electron chi connectivity index (χ3n) is 7.84. The highest BCUT2D eigenvalue weighted by molar-refractivity contribution is 7.88. The van der Waals surface area contributed by atoms with Gasteiger partial charge in [-0.3, -0.25) is 15.0 Å². The van der Waals surface area contributed by atoms with Gasteiger partial charge in [0.15, 0.2) is 0 Å². The summed E-state index contributed by atoms with van der Waals surface area (Å²) in [6.45, 7) is 0.572. The maximum absolute atomic E-state index is 13.8. The fourth-order valence-electron chi connectivity index (χ4n) is 5.08. The molecule has 11 nitrogen and oxygen atoms in total. The highest BCUT2D eigenvalue weighted by Crippen LogP contribution is 2.15. The van der Waals surface area contributed by atoms with Crippen LogP contribution in [0.15, 0.2) is 103 Å². The van der Waals surface area contributed by atoms with E-state index in [1.54, 1.807) is 66.7 Å². The molecule has 4 rings (SSSR count). The van der Waals surface area contributed by atoms with E-state index in [2.05, 4.69) is 15.4 Å². The Morgan fingerprint density at radius 3 is 1.83 bits per heavy atom. The van der Waals surface area contributed by atoms with Gasteiger partial charge in [-0.05, 0) is 65.6 Å². The van der Waals surface area contributed by atoms with Crippen molar-refractivity contribution < 1.29 is 23.1 Å². The Hall–Kier alpha value is -5.04. The lowest BCUT2D eigenvalue weighted by Crippen LogP contribution is -2.54. The van der Waals surface area contributed by atoms with E-state index in [1.807, 2.05) is 24.3 Å². The summed E-state index contributed by atoms with van der Waals surface area (Å²) in [4.78, 5) is 27.4. The molecule has 0 aliphatic rings. The predicted octanol–water partition coefficient (Wildman–Crippen LogP) is 2.99. The number of sulfonamides is 1. The van der Waals surface area contributed by atoms with Crippen molar-refractivity contribution in [2.75, 3.05) is 0 Å². The van der Waals surface area contributed by atoms with Crippen molar-refractivity contribution in [1.82, 2.24) is 15.4 Å². The lowest BCUT2D eigenvalue weighted by Gasteiger charge is -2.23. The molecule has 0 aromatic heterocycles. The van der Waals surface area contributed by atoms with E-state index in [9.17, 15) is 23.1 Å². The minimum atomic E-state index is -3.95. The van der Waals surface area contributed by atoms with Crippen LogP contribution in [0.2, 0.25) is 0 Å². The van der Waals surface area contributed by atoms with E-state index in [-0.39, 0.29) is 36.7 Å². The number of nitrogens with one attached hydrogen (secondary N) is 4. The zero-order chi connectivity index (χ0) is 34.5. The summed E-state index contributed by atoms with van der Waals surface area (Å²) in [6.07, 6.45) is 1.17. The van der Waals surface area contributed by atoms with Crippen LogP contribution in [-0.4, -0.2) is 43.3 Å². The summed E-state index contributed by atoms with van der Waals surface area (Å²) < 4.78 is 29.1. The summed E-state index contributed by atoms with van der Waals surface area (Å²) in [5.74, 6) is -1.34. The van der Waals surface area contributed by atoms with Crippen LogP contribution in [0.4, 0.5) is 0 Å². The Labute approximate surface area is 281 Å². The van der Waals surface area contributed by atoms with Crippen molar-refractivity contribution >= 4 is 27.7 Å². The molecule has 2 amide bonds. The normalized spacial score (nSPS) is 12.5. The number of amidine groups is 1. The molecule has 0 bridgehead atoms. The third-order valence-corrected chi connectivity index (χ3v) is 9.20. The van der Waals surface area contributed by atoms with Gasteiger partial charge in [-0.1, -0.05) is 91.0 Å². The molecule has 48 heavy (non-hydrogen) atoms. The first-order valence-corrected chi connectivity index (χ1v) is 17.3. The van der Waals surface area contributed by atoms with E-state index >= 15 is 0 Å². The fourth-order valence-corrected chi connectivity index (χ4v) is 6.45. The van der Waals surface area contributed by atoms with Gasteiger partial charge >= 0.3 is 0 Å². The van der Waals surface area contributed by atoms with E-state index in [0.29, 0.717) is 30.5 Å². The van der Waals surface area contributed by atoms with Crippen molar-refractivity contribution in [3.8, 4) is 5.75 Å². The van der Waals surface area contributed by atoms with Gasteiger partial charge in [-0.2, -0.15) is 0 Å². The van der Waals surface area contributed by atoms with Crippen molar-refractivity contribution in [2.24, 2.45) is 11.5 Å². The van der Waals surface area contributed by atoms with E-state index in [4.69, 9.17) is 16.9 Å². The molecule has 0 fully saturated rings. The van der Waals surface area contributed by atoms with Crippen molar-refractivity contribution in [2.45, 2.75) is 56.6 Å². The Morgan fingerprint density at radius 2 is 1.25 bits per heavy atom. The van der Waals surface area contributed by atoms with Gasteiger partial charge in [0.05, 0.1) is 5.75 Å². The van der Waals surface area contributed by atoms with Gasteiger partial charge in [0.1, 0.15) is 23.7 Å². The lowest BCUT2D eigenvalue weighted by molar-refractivity contribution is -0.130. The summed E-state index contributed by atoms with van der Waals surface area (Å²) in [7, 11) is -3.95. The number of aromatic hydroxyl groups is 1. The number of phenolic OH excluding ortho intramolecular Hbond substituents is 1. The topological polar surface area (TPSA) is 200 Å². The molecule has 0 aliphatic heterocycles. The number of carbonyl (C=O) groups excluding carboxylic acids is 2. The first-order chi connectivity index (χ1) is 23.0. The fraction of sp³-hybridized carbons (Fsp3) is 0.250. The first kappa shape index (κ1) is 35.8. The molecule has 0 radical (unpaired) electrons. The van der Waals surface area contributed by atoms with E-state index < -0.39 is 33.9 Å². The molecule has 4 aromatic rings. The number of benzene rings is 4. The van der Waals surface area contributed by atoms with Crippen molar-refractivity contribution in [3.63, 3.8) is 0 Å². The zero-order valence-electron chi connectivity index (χ0n) is 26.6. The SMILES string of the molecule is N=C(N)c1ccc(CNC(=O)C(CCc2ccc(CN)cc2)NC(=O)C(CCc2ccc(O)cc2)NS(=O)(=O)Cc2ccccc2)cc1. The van der Waals surface area contributed by atoms with Crippen LogP contribution in [0.5, 0.6) is 5.75 Å². The van der Waals surface area contributed by atoms with Gasteiger partial charge in [0, 0.05) is 18.7 Å². The average Bonchev–Trinajstić information content (AvgIpc) is 3.08. The molecule has 9 N–H and O–H groups in total. The smallest absolute Gasteiger partial charge is 0.242 e. The van der Waals surface area contributed by atoms with Crippen LogP contribution in [-0.2, 0) is 51.3 Å². The maximum Gasteiger partial charge on any atom is 0.242 e. The van der Waals surface area contributed by atoms with Gasteiger partial charge in [-0.15, -0.1) is 0 Å². The number of aryl methyl sites for hydroxylation is 2. The van der Waals surface area contributed by atoms with Gasteiger partial charge in [0.2, 0.25) is 21.8 Å². The minimum Gasteiger partial charge on any atom is -0.508 e. The Kier molecular flexibility index (Phi) is 12.8. The van der Waals surface area contributed by atoms with Crippen molar-refractivity contribution in [3.05, 3.63) is 137 Å². The number of phenols is 1. The monoisotopic (exact) mass is 670 g/mol. The Balaban J connectivity index is 1.52. The highest BCUT2D eigenvalue weighted by Gasteiger charge is 2.29. The largest absolute Gasteiger partial charge is 0.508 e. The summed E-state index contributed by atoms with van der Waals surface area (Å²) in [6, 6.07) is 27.5. The number of hydrogen-bond acceptors (Lipinski definition) is 7. The van der Waals surface area contributed by atoms with E-state index in [1.165, 1.54) is 12.1 Å². The zero-order valence-corrected chi connectivity index (χ0v) is 27.4. The molecule has 0 spiro atoms.